The summed E-state index contributed by atoms with van der Waals surface area (Å²) < 4.78 is 6.35. The normalized spacial score (nSPS) is 17.1. The summed E-state index contributed by atoms with van der Waals surface area (Å²) in [4.78, 5) is 33.4. The lowest BCUT2D eigenvalue weighted by Gasteiger charge is -2.40. The molecule has 2 heterocycles. The van der Waals surface area contributed by atoms with Gasteiger partial charge in [-0.3, -0.25) is 10.1 Å². The minimum Gasteiger partial charge on any atom is -0.478 e. The predicted octanol–water partition coefficient (Wildman–Crippen LogP) is 7.26. The Morgan fingerprint density at radius 1 is 1.05 bits per heavy atom. The molecule has 0 bridgehead atoms. The highest BCUT2D eigenvalue weighted by Crippen LogP contribution is 2.43. The molecule has 7 nitrogen and oxygen atoms in total. The molecule has 9 heteroatoms. The number of aryl methyl sites for hydroxylation is 3. The molecule has 1 aliphatic heterocycles. The first kappa shape index (κ1) is 31.5. The van der Waals surface area contributed by atoms with E-state index < -0.39 is 17.6 Å². The molecule has 4 aromatic rings. The lowest BCUT2D eigenvalue weighted by molar-refractivity contribution is -0.149. The van der Waals surface area contributed by atoms with Crippen molar-refractivity contribution >= 4 is 40.8 Å². The van der Waals surface area contributed by atoms with Gasteiger partial charge in [0, 0.05) is 38.6 Å². The number of ether oxygens (including phenoxy) is 1. The van der Waals surface area contributed by atoms with Crippen LogP contribution < -0.4 is 15.0 Å². The Kier molecular flexibility index (Phi) is 9.59. The average Bonchev–Trinajstić information content (AvgIpc) is 3.11. The van der Waals surface area contributed by atoms with Crippen molar-refractivity contribution in [2.24, 2.45) is 0 Å². The molecule has 0 radical (unpaired) electrons. The van der Waals surface area contributed by atoms with Gasteiger partial charge in [-0.05, 0) is 67.6 Å². The zero-order valence-corrected chi connectivity index (χ0v) is 26.5. The number of halogens is 2. The zero-order chi connectivity index (χ0) is 31.4. The van der Waals surface area contributed by atoms with Gasteiger partial charge in [0.15, 0.2) is 0 Å². The molecule has 0 spiro atoms. The fourth-order valence-electron chi connectivity index (χ4n) is 5.90. The smallest absolute Gasteiger partial charge is 0.347 e. The van der Waals surface area contributed by atoms with E-state index in [1.54, 1.807) is 29.2 Å². The summed E-state index contributed by atoms with van der Waals surface area (Å²) in [5.74, 6) is -1.29. The molecule has 5 rings (SSSR count). The van der Waals surface area contributed by atoms with E-state index in [-0.39, 0.29) is 24.9 Å². The van der Waals surface area contributed by atoms with Crippen LogP contribution in [0.25, 0.3) is 0 Å². The van der Waals surface area contributed by atoms with Gasteiger partial charge in [-0.15, -0.1) is 0 Å². The number of carboxylic acids is 1. The van der Waals surface area contributed by atoms with Crippen LogP contribution in [0.4, 0.5) is 5.69 Å². The van der Waals surface area contributed by atoms with E-state index in [0.717, 1.165) is 30.4 Å². The molecule has 0 fully saturated rings. The van der Waals surface area contributed by atoms with Crippen LogP contribution in [0.1, 0.15) is 53.3 Å². The average molecular weight is 633 g/mol. The van der Waals surface area contributed by atoms with Gasteiger partial charge in [-0.2, -0.15) is 0 Å². The Morgan fingerprint density at radius 3 is 2.48 bits per heavy atom. The van der Waals surface area contributed by atoms with E-state index in [0.29, 0.717) is 38.1 Å². The highest BCUT2D eigenvalue weighted by molar-refractivity contribution is 6.36. The molecule has 44 heavy (non-hydrogen) atoms. The number of anilines is 1. The minimum atomic E-state index is -1.50. The zero-order valence-electron chi connectivity index (χ0n) is 24.9. The molecule has 2 N–H and O–H groups in total. The largest absolute Gasteiger partial charge is 0.478 e. The maximum atomic E-state index is 13.9. The number of rotatable bonds is 10. The summed E-state index contributed by atoms with van der Waals surface area (Å²) >= 11 is 13.1. The number of carbonyl (C=O) groups is 2. The monoisotopic (exact) mass is 631 g/mol. The standard InChI is InChI=1S/C35H35Cl2N3O4/c1-4-5-10-24-11-8-12-25(19-24)35(33(34(42)43)44-31-18-22(2)17-23(3)39-31)27-13-6-7-16-30(27)40(32(41)20-38-35)21-26-28(36)14-9-15-29(26)37/h6-9,11-19,33,38H,4-5,10,20-21H2,1-3H3,(H,42,43)/t33-,35+/m1/s1. The van der Waals surface area contributed by atoms with Gasteiger partial charge in [0.05, 0.1) is 13.1 Å². The lowest BCUT2D eigenvalue weighted by atomic mass is 9.76. The molecule has 0 saturated heterocycles. The maximum absolute atomic E-state index is 13.9. The Labute approximate surface area is 267 Å². The van der Waals surface area contributed by atoms with Gasteiger partial charge in [-0.1, -0.05) is 85.1 Å². The third-order valence-electron chi connectivity index (χ3n) is 7.95. The highest BCUT2D eigenvalue weighted by Gasteiger charge is 2.52. The number of hydrogen-bond donors (Lipinski definition) is 2. The van der Waals surface area contributed by atoms with E-state index in [1.165, 1.54) is 0 Å². The molecule has 1 amide bonds. The molecule has 0 saturated carbocycles. The Morgan fingerprint density at radius 2 is 1.77 bits per heavy atom. The second-order valence-corrected chi connectivity index (χ2v) is 11.9. The number of amides is 1. The van der Waals surface area contributed by atoms with Crippen LogP contribution in [0, 0.1) is 13.8 Å². The number of hydrogen-bond acceptors (Lipinski definition) is 5. The summed E-state index contributed by atoms with van der Waals surface area (Å²) in [6, 6.07) is 24.0. The van der Waals surface area contributed by atoms with Crippen molar-refractivity contribution < 1.29 is 19.4 Å². The summed E-state index contributed by atoms with van der Waals surface area (Å²) in [6.45, 7) is 5.78. The van der Waals surface area contributed by atoms with Crippen molar-refractivity contribution in [3.05, 3.63) is 122 Å². The number of aliphatic carboxylic acids is 1. The van der Waals surface area contributed by atoms with Crippen molar-refractivity contribution in [2.75, 3.05) is 11.4 Å². The molecule has 3 aromatic carbocycles. The molecule has 0 unspecified atom stereocenters. The number of carboxylic acid groups (broad SMARTS) is 1. The van der Waals surface area contributed by atoms with E-state index >= 15 is 0 Å². The maximum Gasteiger partial charge on any atom is 0.347 e. The summed E-state index contributed by atoms with van der Waals surface area (Å²) in [7, 11) is 0. The van der Waals surface area contributed by atoms with Gasteiger partial charge < -0.3 is 14.7 Å². The molecule has 1 aliphatic rings. The van der Waals surface area contributed by atoms with Crippen LogP contribution in [0.15, 0.2) is 78.9 Å². The van der Waals surface area contributed by atoms with E-state index in [1.807, 2.05) is 68.4 Å². The van der Waals surface area contributed by atoms with Crippen molar-refractivity contribution in [2.45, 2.75) is 58.2 Å². The van der Waals surface area contributed by atoms with Crippen LogP contribution in [0.5, 0.6) is 5.88 Å². The van der Waals surface area contributed by atoms with E-state index in [9.17, 15) is 14.7 Å². The van der Waals surface area contributed by atoms with Gasteiger partial charge in [0.1, 0.15) is 5.54 Å². The number of para-hydroxylation sites is 1. The number of unbranched alkanes of at least 4 members (excludes halogenated alkanes) is 1. The fraction of sp³-hybridized carbons (Fsp3) is 0.286. The Hall–Kier alpha value is -3.91. The van der Waals surface area contributed by atoms with Crippen molar-refractivity contribution in [1.29, 1.82) is 0 Å². The lowest BCUT2D eigenvalue weighted by Crippen LogP contribution is -2.58. The number of aromatic nitrogens is 1. The number of benzene rings is 3. The fourth-order valence-corrected chi connectivity index (χ4v) is 6.42. The molecule has 228 valence electrons. The Balaban J connectivity index is 1.75. The van der Waals surface area contributed by atoms with E-state index in [4.69, 9.17) is 27.9 Å². The predicted molar refractivity (Wildman–Crippen MR) is 174 cm³/mol. The van der Waals surface area contributed by atoms with Crippen molar-refractivity contribution in [1.82, 2.24) is 10.3 Å². The van der Waals surface area contributed by atoms with Gasteiger partial charge in [0.25, 0.3) is 0 Å². The molecule has 0 aliphatic carbocycles. The molecular formula is C35H35Cl2N3O4. The third-order valence-corrected chi connectivity index (χ3v) is 8.66. The number of nitrogens with one attached hydrogen (secondary N) is 1. The minimum absolute atomic E-state index is 0.0971. The van der Waals surface area contributed by atoms with Gasteiger partial charge in [-0.25, -0.2) is 9.78 Å². The van der Waals surface area contributed by atoms with Crippen molar-refractivity contribution in [3.8, 4) is 5.88 Å². The van der Waals surface area contributed by atoms with Crippen LogP contribution in [0.2, 0.25) is 10.0 Å². The summed E-state index contributed by atoms with van der Waals surface area (Å²) in [5, 5.41) is 15.1. The third kappa shape index (κ3) is 6.32. The van der Waals surface area contributed by atoms with Gasteiger partial charge >= 0.3 is 5.97 Å². The number of nitrogens with zero attached hydrogens (tertiary/aromatic N) is 2. The second-order valence-electron chi connectivity index (χ2n) is 11.1. The number of carbonyl (C=O) groups excluding carboxylic acids is 1. The van der Waals surface area contributed by atoms with Crippen LogP contribution in [-0.2, 0) is 28.1 Å². The SMILES string of the molecule is CCCCc1cccc([C@]2([C@H](Oc3cc(C)cc(C)n3)C(=O)O)NCC(=O)N(Cc3c(Cl)cccc3Cl)c3ccccc32)c1. The first-order chi connectivity index (χ1) is 21.1. The second kappa shape index (κ2) is 13.4. The van der Waals surface area contributed by atoms with E-state index in [2.05, 4.69) is 17.2 Å². The van der Waals surface area contributed by atoms with Crippen LogP contribution in [0.3, 0.4) is 0 Å². The quantitative estimate of drug-likeness (QED) is 0.191. The number of fused-ring (bicyclic) bond motifs is 1. The molecule has 2 atom stereocenters. The van der Waals surface area contributed by atoms with Crippen molar-refractivity contribution in [3.63, 3.8) is 0 Å². The first-order valence-electron chi connectivity index (χ1n) is 14.7. The topological polar surface area (TPSA) is 91.8 Å². The van der Waals surface area contributed by atoms with Crippen LogP contribution >= 0.6 is 23.2 Å². The summed E-state index contributed by atoms with van der Waals surface area (Å²) in [6.07, 6.45) is 1.32. The van der Waals surface area contributed by atoms with Crippen LogP contribution in [-0.4, -0.2) is 34.6 Å². The molecular weight excluding hydrogens is 597 g/mol. The summed E-state index contributed by atoms with van der Waals surface area (Å²) in [5.41, 5.74) is 3.52. The van der Waals surface area contributed by atoms with Gasteiger partial charge in [0.2, 0.25) is 17.9 Å². The Bertz CT molecular complexity index is 1650. The number of pyridine rings is 1. The molecule has 1 aromatic heterocycles. The first-order valence-corrected chi connectivity index (χ1v) is 15.4. The highest BCUT2D eigenvalue weighted by atomic mass is 35.5.